The molecule has 0 spiro atoms. The van der Waals surface area contributed by atoms with Gasteiger partial charge in [-0.05, 0) is 64.1 Å². The van der Waals surface area contributed by atoms with Crippen LogP contribution in [0, 0.1) is 11.6 Å². The van der Waals surface area contributed by atoms with E-state index in [4.69, 9.17) is 10.5 Å². The van der Waals surface area contributed by atoms with E-state index < -0.39 is 46.5 Å². The fourth-order valence-electron chi connectivity index (χ4n) is 2.93. The minimum absolute atomic E-state index is 0.108. The van der Waals surface area contributed by atoms with Gasteiger partial charge in [0.25, 0.3) is 5.91 Å². The van der Waals surface area contributed by atoms with Crippen LogP contribution in [0.15, 0.2) is 42.5 Å². The summed E-state index contributed by atoms with van der Waals surface area (Å²) in [5, 5.41) is 5.73. The molecule has 3 aromatic rings. The van der Waals surface area contributed by atoms with Crippen LogP contribution in [0.3, 0.4) is 0 Å². The molecule has 11 heteroatoms. The highest BCUT2D eigenvalue weighted by molar-refractivity contribution is 7.18. The highest BCUT2D eigenvalue weighted by Crippen LogP contribution is 2.31. The Balaban J connectivity index is 1.68. The van der Waals surface area contributed by atoms with Gasteiger partial charge in [0.2, 0.25) is 5.78 Å². The highest BCUT2D eigenvalue weighted by atomic mass is 32.1. The van der Waals surface area contributed by atoms with Gasteiger partial charge in [0, 0.05) is 11.3 Å². The number of anilines is 3. The number of nitrogens with one attached hydrogen (secondary N) is 2. The molecule has 0 radical (unpaired) electrons. The fourth-order valence-corrected chi connectivity index (χ4v) is 3.79. The largest absolute Gasteiger partial charge is 0.458 e. The number of aromatic nitrogens is 1. The van der Waals surface area contributed by atoms with Crippen LogP contribution in [0.2, 0.25) is 0 Å². The van der Waals surface area contributed by atoms with Crippen LogP contribution in [0.4, 0.5) is 25.4 Å². The lowest BCUT2D eigenvalue weighted by atomic mass is 10.1. The summed E-state index contributed by atoms with van der Waals surface area (Å²) in [5.74, 6) is -4.08. The molecule has 4 N–H and O–H groups in total. The molecular formula is C24H24F2N4O4S. The van der Waals surface area contributed by atoms with Gasteiger partial charge >= 0.3 is 5.97 Å². The number of amides is 1. The third kappa shape index (κ3) is 6.38. The number of hydrogen-bond acceptors (Lipinski definition) is 8. The molecule has 0 fully saturated rings. The van der Waals surface area contributed by atoms with E-state index in [1.807, 2.05) is 0 Å². The molecule has 184 valence electrons. The smallest absolute Gasteiger partial charge is 0.328 e. The number of nitrogen functional groups attached to an aromatic ring is 1. The molecule has 1 heterocycles. The van der Waals surface area contributed by atoms with Crippen LogP contribution in [0.5, 0.6) is 0 Å². The second kappa shape index (κ2) is 10.2. The topological polar surface area (TPSA) is 123 Å². The number of ketones is 1. The van der Waals surface area contributed by atoms with Crippen molar-refractivity contribution in [1.29, 1.82) is 0 Å². The fraction of sp³-hybridized carbons (Fsp3) is 0.250. The Hall–Kier alpha value is -3.86. The third-order valence-electron chi connectivity index (χ3n) is 4.56. The van der Waals surface area contributed by atoms with Crippen LogP contribution in [-0.4, -0.2) is 34.3 Å². The van der Waals surface area contributed by atoms with Gasteiger partial charge in [-0.2, -0.15) is 0 Å². The van der Waals surface area contributed by atoms with Crippen LogP contribution < -0.4 is 16.4 Å². The summed E-state index contributed by atoms with van der Waals surface area (Å²) in [4.78, 5) is 41.1. The maximum absolute atomic E-state index is 14.0. The summed E-state index contributed by atoms with van der Waals surface area (Å²) in [7, 11) is 0. The Bertz CT molecular complexity index is 1250. The maximum atomic E-state index is 14.0. The second-order valence-electron chi connectivity index (χ2n) is 8.59. The van der Waals surface area contributed by atoms with Gasteiger partial charge in [-0.3, -0.25) is 9.59 Å². The number of thiazole rings is 1. The first-order chi connectivity index (χ1) is 16.4. The number of ether oxygens (including phenoxy) is 1. The number of esters is 1. The molecule has 0 saturated heterocycles. The molecule has 1 atom stereocenters. The number of benzene rings is 2. The molecule has 8 nitrogen and oxygen atoms in total. The van der Waals surface area contributed by atoms with E-state index in [1.54, 1.807) is 32.9 Å². The first-order valence-corrected chi connectivity index (χ1v) is 11.3. The molecule has 0 aliphatic heterocycles. The first-order valence-electron chi connectivity index (χ1n) is 10.5. The Kier molecular flexibility index (Phi) is 7.49. The van der Waals surface area contributed by atoms with Crippen LogP contribution in [0.1, 0.15) is 53.3 Å². The van der Waals surface area contributed by atoms with Crippen LogP contribution in [-0.2, 0) is 9.53 Å². The van der Waals surface area contributed by atoms with E-state index in [-0.39, 0.29) is 15.8 Å². The van der Waals surface area contributed by atoms with Gasteiger partial charge in [-0.25, -0.2) is 18.6 Å². The molecule has 0 aliphatic carbocycles. The van der Waals surface area contributed by atoms with Crippen molar-refractivity contribution in [2.24, 2.45) is 0 Å². The number of carbonyl (C=O) groups is 3. The van der Waals surface area contributed by atoms with Gasteiger partial charge in [0.1, 0.15) is 34.0 Å². The van der Waals surface area contributed by atoms with Crippen molar-refractivity contribution in [3.63, 3.8) is 0 Å². The molecular weight excluding hydrogens is 478 g/mol. The Labute approximate surface area is 204 Å². The summed E-state index contributed by atoms with van der Waals surface area (Å²) in [6.07, 6.45) is 0. The zero-order chi connectivity index (χ0) is 25.9. The normalized spacial score (nSPS) is 12.1. The number of halogens is 2. The SMILES string of the molecule is C[C@@H](NC(=O)c1ccc(Nc2nc(N)c(C(=O)c3c(F)cccc3F)s2)cc1)C(=O)OC(C)(C)C. The van der Waals surface area contributed by atoms with E-state index >= 15 is 0 Å². The van der Waals surface area contributed by atoms with Crippen molar-refractivity contribution in [2.75, 3.05) is 11.1 Å². The molecule has 0 saturated carbocycles. The molecule has 3 rings (SSSR count). The minimum Gasteiger partial charge on any atom is -0.458 e. The van der Waals surface area contributed by atoms with Crippen molar-refractivity contribution in [3.8, 4) is 0 Å². The lowest BCUT2D eigenvalue weighted by Crippen LogP contribution is -2.42. The summed E-state index contributed by atoms with van der Waals surface area (Å²) in [5.41, 5.74) is 5.26. The van der Waals surface area contributed by atoms with Gasteiger partial charge < -0.3 is 21.1 Å². The average molecular weight is 503 g/mol. The number of hydrogen-bond donors (Lipinski definition) is 3. The quantitative estimate of drug-likeness (QED) is 0.322. The summed E-state index contributed by atoms with van der Waals surface area (Å²) in [6, 6.07) is 8.51. The zero-order valence-corrected chi connectivity index (χ0v) is 20.3. The number of nitrogens with zero attached hydrogens (tertiary/aromatic N) is 1. The summed E-state index contributed by atoms with van der Waals surface area (Å²) < 4.78 is 33.2. The van der Waals surface area contributed by atoms with Gasteiger partial charge in [-0.15, -0.1) is 0 Å². The minimum atomic E-state index is -0.993. The van der Waals surface area contributed by atoms with E-state index in [9.17, 15) is 23.2 Å². The van der Waals surface area contributed by atoms with Gasteiger partial charge in [0.15, 0.2) is 5.13 Å². The number of nitrogens with two attached hydrogens (primary N) is 1. The maximum Gasteiger partial charge on any atom is 0.328 e. The van der Waals surface area contributed by atoms with Crippen molar-refractivity contribution in [2.45, 2.75) is 39.3 Å². The number of carbonyl (C=O) groups excluding carboxylic acids is 3. The van der Waals surface area contributed by atoms with Crippen LogP contribution in [0.25, 0.3) is 0 Å². The molecule has 35 heavy (non-hydrogen) atoms. The summed E-state index contributed by atoms with van der Waals surface area (Å²) in [6.45, 7) is 6.73. The van der Waals surface area contributed by atoms with E-state index in [2.05, 4.69) is 15.6 Å². The van der Waals surface area contributed by atoms with E-state index in [0.717, 1.165) is 29.5 Å². The highest BCUT2D eigenvalue weighted by Gasteiger charge is 2.25. The zero-order valence-electron chi connectivity index (χ0n) is 19.4. The standard InChI is InChI=1S/C24H24F2N4O4S/c1-12(22(33)34-24(2,3)4)28-21(32)13-8-10-14(11-9-13)29-23-30-20(27)19(35-23)18(31)17-15(25)6-5-7-16(17)26/h5-12H,27H2,1-4H3,(H,28,32)(H,29,30)/t12-/m1/s1. The summed E-state index contributed by atoms with van der Waals surface area (Å²) >= 11 is 0.840. The van der Waals surface area contributed by atoms with Crippen molar-refractivity contribution in [1.82, 2.24) is 10.3 Å². The van der Waals surface area contributed by atoms with Crippen molar-refractivity contribution in [3.05, 3.63) is 70.1 Å². The average Bonchev–Trinajstić information content (AvgIpc) is 3.12. The third-order valence-corrected chi connectivity index (χ3v) is 5.54. The molecule has 1 aromatic heterocycles. The molecule has 0 unspecified atom stereocenters. The lowest BCUT2D eigenvalue weighted by molar-refractivity contribution is -0.156. The second-order valence-corrected chi connectivity index (χ2v) is 9.59. The van der Waals surface area contributed by atoms with Crippen LogP contribution >= 0.6 is 11.3 Å². The molecule has 1 amide bonds. The van der Waals surface area contributed by atoms with Crippen molar-refractivity contribution >= 4 is 45.6 Å². The molecule has 0 bridgehead atoms. The Morgan fingerprint density at radius 3 is 2.23 bits per heavy atom. The van der Waals surface area contributed by atoms with Gasteiger partial charge in [-0.1, -0.05) is 17.4 Å². The van der Waals surface area contributed by atoms with Crippen molar-refractivity contribution < 1.29 is 27.9 Å². The first kappa shape index (κ1) is 25.8. The monoisotopic (exact) mass is 502 g/mol. The Morgan fingerprint density at radius 1 is 1.06 bits per heavy atom. The molecule has 0 aliphatic rings. The van der Waals surface area contributed by atoms with E-state index in [0.29, 0.717) is 11.3 Å². The van der Waals surface area contributed by atoms with E-state index in [1.165, 1.54) is 19.1 Å². The lowest BCUT2D eigenvalue weighted by Gasteiger charge is -2.22. The predicted octanol–water partition coefficient (Wildman–Crippen LogP) is 4.44. The Morgan fingerprint density at radius 2 is 1.66 bits per heavy atom. The molecule has 2 aromatic carbocycles. The van der Waals surface area contributed by atoms with Gasteiger partial charge in [0.05, 0.1) is 5.56 Å². The predicted molar refractivity (Wildman–Crippen MR) is 129 cm³/mol. The number of rotatable bonds is 7.